The molecule has 0 aromatic rings. The summed E-state index contributed by atoms with van der Waals surface area (Å²) in [6.07, 6.45) is 4.49. The van der Waals surface area contributed by atoms with Crippen LogP contribution in [-0.2, 0) is 9.53 Å². The SMILES string of the molecule is O=C([C@@H]1CCCN1)N1CCC(CN2CCOCC2)CC1. The minimum absolute atomic E-state index is 0.103. The van der Waals surface area contributed by atoms with Crippen molar-refractivity contribution in [2.75, 3.05) is 52.5 Å². The van der Waals surface area contributed by atoms with Crippen LogP contribution < -0.4 is 5.32 Å². The molecule has 0 aromatic carbocycles. The second kappa shape index (κ2) is 6.87. The monoisotopic (exact) mass is 281 g/mol. The van der Waals surface area contributed by atoms with E-state index < -0.39 is 0 Å². The van der Waals surface area contributed by atoms with E-state index in [1.807, 2.05) is 0 Å². The van der Waals surface area contributed by atoms with Gasteiger partial charge in [-0.05, 0) is 38.1 Å². The Morgan fingerprint density at radius 1 is 1.10 bits per heavy atom. The van der Waals surface area contributed by atoms with Gasteiger partial charge >= 0.3 is 0 Å². The number of carbonyl (C=O) groups is 1. The van der Waals surface area contributed by atoms with Crippen LogP contribution in [0.3, 0.4) is 0 Å². The Kier molecular flexibility index (Phi) is 4.91. The molecule has 0 saturated carbocycles. The van der Waals surface area contributed by atoms with Crippen molar-refractivity contribution in [2.24, 2.45) is 5.92 Å². The van der Waals surface area contributed by atoms with E-state index in [1.165, 1.54) is 6.54 Å². The number of nitrogens with zero attached hydrogens (tertiary/aromatic N) is 2. The third-order valence-corrected chi connectivity index (χ3v) is 4.90. The molecule has 0 aliphatic carbocycles. The Hall–Kier alpha value is -0.650. The molecule has 3 rings (SSSR count). The lowest BCUT2D eigenvalue weighted by Gasteiger charge is -2.36. The first-order valence-corrected chi connectivity index (χ1v) is 8.15. The van der Waals surface area contributed by atoms with E-state index in [1.54, 1.807) is 0 Å². The van der Waals surface area contributed by atoms with Crippen molar-refractivity contribution in [3.63, 3.8) is 0 Å². The van der Waals surface area contributed by atoms with Crippen LogP contribution in [0.25, 0.3) is 0 Å². The van der Waals surface area contributed by atoms with Crippen LogP contribution in [0.5, 0.6) is 0 Å². The van der Waals surface area contributed by atoms with Gasteiger partial charge in [-0.25, -0.2) is 0 Å². The molecule has 3 fully saturated rings. The molecule has 3 saturated heterocycles. The largest absolute Gasteiger partial charge is 0.379 e. The predicted octanol–water partition coefficient (Wildman–Crippen LogP) is 0.309. The van der Waals surface area contributed by atoms with Crippen molar-refractivity contribution in [3.05, 3.63) is 0 Å². The molecule has 20 heavy (non-hydrogen) atoms. The van der Waals surface area contributed by atoms with Gasteiger partial charge in [0.25, 0.3) is 0 Å². The van der Waals surface area contributed by atoms with Gasteiger partial charge in [0.2, 0.25) is 5.91 Å². The van der Waals surface area contributed by atoms with E-state index in [0.717, 1.165) is 77.5 Å². The first-order chi connectivity index (χ1) is 9.83. The summed E-state index contributed by atoms with van der Waals surface area (Å²) in [6, 6.07) is 0.103. The molecule has 1 atom stereocenters. The second-order valence-corrected chi connectivity index (χ2v) is 6.33. The van der Waals surface area contributed by atoms with E-state index in [2.05, 4.69) is 15.1 Å². The predicted molar refractivity (Wildman–Crippen MR) is 77.6 cm³/mol. The number of rotatable bonds is 3. The van der Waals surface area contributed by atoms with Crippen molar-refractivity contribution in [2.45, 2.75) is 31.7 Å². The van der Waals surface area contributed by atoms with Crippen LogP contribution in [-0.4, -0.2) is 74.2 Å². The van der Waals surface area contributed by atoms with Gasteiger partial charge in [0.1, 0.15) is 0 Å². The average Bonchev–Trinajstić information content (AvgIpc) is 3.03. The third-order valence-electron chi connectivity index (χ3n) is 4.90. The maximum atomic E-state index is 12.3. The Morgan fingerprint density at radius 3 is 2.50 bits per heavy atom. The zero-order valence-corrected chi connectivity index (χ0v) is 12.4. The lowest BCUT2D eigenvalue weighted by atomic mass is 9.95. The van der Waals surface area contributed by atoms with Gasteiger partial charge in [0.15, 0.2) is 0 Å². The van der Waals surface area contributed by atoms with Crippen LogP contribution in [0.15, 0.2) is 0 Å². The van der Waals surface area contributed by atoms with E-state index in [0.29, 0.717) is 5.91 Å². The van der Waals surface area contributed by atoms with Crippen molar-refractivity contribution in [3.8, 4) is 0 Å². The molecule has 0 spiro atoms. The fourth-order valence-corrected chi connectivity index (χ4v) is 3.60. The Labute approximate surface area is 121 Å². The first-order valence-electron chi connectivity index (χ1n) is 8.15. The summed E-state index contributed by atoms with van der Waals surface area (Å²) in [6.45, 7) is 8.00. The molecule has 5 nitrogen and oxygen atoms in total. The second-order valence-electron chi connectivity index (χ2n) is 6.33. The molecular formula is C15H27N3O2. The third kappa shape index (κ3) is 3.51. The van der Waals surface area contributed by atoms with E-state index in [-0.39, 0.29) is 6.04 Å². The smallest absolute Gasteiger partial charge is 0.239 e. The molecule has 1 amide bonds. The highest BCUT2D eigenvalue weighted by molar-refractivity contribution is 5.82. The van der Waals surface area contributed by atoms with E-state index in [9.17, 15) is 4.79 Å². The number of hydrogen-bond donors (Lipinski definition) is 1. The normalized spacial score (nSPS) is 29.8. The van der Waals surface area contributed by atoms with Crippen LogP contribution in [0.4, 0.5) is 0 Å². The molecule has 3 heterocycles. The minimum atomic E-state index is 0.103. The highest BCUT2D eigenvalue weighted by Crippen LogP contribution is 2.20. The summed E-state index contributed by atoms with van der Waals surface area (Å²) in [5, 5.41) is 3.32. The van der Waals surface area contributed by atoms with E-state index in [4.69, 9.17) is 4.74 Å². The minimum Gasteiger partial charge on any atom is -0.379 e. The molecule has 0 bridgehead atoms. The fraction of sp³-hybridized carbons (Fsp3) is 0.933. The van der Waals surface area contributed by atoms with Gasteiger partial charge in [-0.3, -0.25) is 9.69 Å². The summed E-state index contributed by atoms with van der Waals surface area (Å²) < 4.78 is 5.39. The van der Waals surface area contributed by atoms with Gasteiger partial charge < -0.3 is 15.0 Å². The lowest BCUT2D eigenvalue weighted by molar-refractivity contribution is -0.134. The molecule has 3 aliphatic rings. The maximum Gasteiger partial charge on any atom is 0.239 e. The molecule has 114 valence electrons. The molecular weight excluding hydrogens is 254 g/mol. The van der Waals surface area contributed by atoms with Gasteiger partial charge in [-0.15, -0.1) is 0 Å². The number of piperidine rings is 1. The van der Waals surface area contributed by atoms with Crippen LogP contribution in [0, 0.1) is 5.92 Å². The fourth-order valence-electron chi connectivity index (χ4n) is 3.60. The van der Waals surface area contributed by atoms with Crippen LogP contribution >= 0.6 is 0 Å². The van der Waals surface area contributed by atoms with Crippen molar-refractivity contribution >= 4 is 5.91 Å². The lowest BCUT2D eigenvalue weighted by Crippen LogP contribution is -2.48. The van der Waals surface area contributed by atoms with Crippen molar-refractivity contribution < 1.29 is 9.53 Å². The van der Waals surface area contributed by atoms with Gasteiger partial charge in [-0.1, -0.05) is 0 Å². The van der Waals surface area contributed by atoms with Crippen molar-refractivity contribution in [1.82, 2.24) is 15.1 Å². The number of nitrogens with one attached hydrogen (secondary N) is 1. The maximum absolute atomic E-state index is 12.3. The molecule has 3 aliphatic heterocycles. The standard InChI is InChI=1S/C15H27N3O2/c19-15(14-2-1-5-16-14)18-6-3-13(4-7-18)12-17-8-10-20-11-9-17/h13-14,16H,1-12H2/t14-/m0/s1. The zero-order chi connectivity index (χ0) is 13.8. The van der Waals surface area contributed by atoms with Gasteiger partial charge in [0, 0.05) is 32.7 Å². The summed E-state index contributed by atoms with van der Waals surface area (Å²) in [7, 11) is 0. The average molecular weight is 281 g/mol. The van der Waals surface area contributed by atoms with Gasteiger partial charge in [0.05, 0.1) is 19.3 Å². The molecule has 0 unspecified atom stereocenters. The molecule has 0 aromatic heterocycles. The molecule has 5 heteroatoms. The number of morpholine rings is 1. The number of carbonyl (C=O) groups excluding carboxylic acids is 1. The summed E-state index contributed by atoms with van der Waals surface area (Å²) in [4.78, 5) is 16.9. The highest BCUT2D eigenvalue weighted by atomic mass is 16.5. The summed E-state index contributed by atoms with van der Waals surface area (Å²) in [5.74, 6) is 1.10. The Bertz CT molecular complexity index is 317. The first kappa shape index (κ1) is 14.3. The number of ether oxygens (including phenoxy) is 1. The summed E-state index contributed by atoms with van der Waals surface area (Å²) in [5.41, 5.74) is 0. The Morgan fingerprint density at radius 2 is 1.85 bits per heavy atom. The zero-order valence-electron chi connectivity index (χ0n) is 12.4. The van der Waals surface area contributed by atoms with Crippen molar-refractivity contribution in [1.29, 1.82) is 0 Å². The van der Waals surface area contributed by atoms with E-state index >= 15 is 0 Å². The Balaban J connectivity index is 1.40. The van der Waals surface area contributed by atoms with Crippen LogP contribution in [0.1, 0.15) is 25.7 Å². The molecule has 0 radical (unpaired) electrons. The molecule has 1 N–H and O–H groups in total. The summed E-state index contributed by atoms with van der Waals surface area (Å²) >= 11 is 0. The number of hydrogen-bond acceptors (Lipinski definition) is 4. The highest BCUT2D eigenvalue weighted by Gasteiger charge is 2.30. The number of likely N-dealkylation sites (tertiary alicyclic amines) is 1. The van der Waals surface area contributed by atoms with Gasteiger partial charge in [-0.2, -0.15) is 0 Å². The quantitative estimate of drug-likeness (QED) is 0.809. The number of amides is 1. The van der Waals surface area contributed by atoms with Crippen LogP contribution in [0.2, 0.25) is 0 Å². The topological polar surface area (TPSA) is 44.8 Å².